The van der Waals surface area contributed by atoms with Crippen LogP contribution in [-0.2, 0) is 65.4 Å². The van der Waals surface area contributed by atoms with Gasteiger partial charge in [-0.1, -0.05) is 330 Å². The Hall–Kier alpha value is -2.46. The maximum atomic E-state index is 13.1. The van der Waals surface area contributed by atoms with Crippen molar-refractivity contribution < 1.29 is 80.2 Å². The summed E-state index contributed by atoms with van der Waals surface area (Å²) in [5.74, 6) is 0.173. The van der Waals surface area contributed by atoms with E-state index in [4.69, 9.17) is 37.0 Å². The molecule has 578 valence electrons. The number of ether oxygens (including phenoxy) is 4. The highest BCUT2D eigenvalue weighted by Gasteiger charge is 2.30. The third-order valence-electron chi connectivity index (χ3n) is 18.5. The molecule has 0 aromatic heterocycles. The summed E-state index contributed by atoms with van der Waals surface area (Å²) in [5, 5.41) is 10.6. The van der Waals surface area contributed by atoms with E-state index in [9.17, 15) is 43.2 Å². The highest BCUT2D eigenvalue weighted by Crippen LogP contribution is 2.45. The molecule has 0 bridgehead atoms. The van der Waals surface area contributed by atoms with Crippen LogP contribution in [0, 0.1) is 17.8 Å². The molecule has 19 heteroatoms. The summed E-state index contributed by atoms with van der Waals surface area (Å²) in [4.78, 5) is 72.8. The molecule has 0 heterocycles. The van der Waals surface area contributed by atoms with Crippen molar-refractivity contribution in [2.24, 2.45) is 17.8 Å². The number of esters is 4. The first kappa shape index (κ1) is 95.5. The molecule has 98 heavy (non-hydrogen) atoms. The van der Waals surface area contributed by atoms with Gasteiger partial charge in [0.25, 0.3) is 0 Å². The van der Waals surface area contributed by atoms with Gasteiger partial charge in [0.2, 0.25) is 0 Å². The number of hydrogen-bond donors (Lipinski definition) is 3. The minimum Gasteiger partial charge on any atom is -0.462 e. The molecular formula is C79H150O17P2. The molecule has 0 aliphatic heterocycles. The van der Waals surface area contributed by atoms with Crippen LogP contribution in [0.3, 0.4) is 0 Å². The maximum Gasteiger partial charge on any atom is 0.472 e. The van der Waals surface area contributed by atoms with Crippen LogP contribution >= 0.6 is 15.6 Å². The molecule has 0 saturated heterocycles. The van der Waals surface area contributed by atoms with Crippen LogP contribution in [0.2, 0.25) is 0 Å². The summed E-state index contributed by atoms with van der Waals surface area (Å²) in [6.07, 6.45) is 59.3. The summed E-state index contributed by atoms with van der Waals surface area (Å²) < 4.78 is 68.5. The molecule has 4 unspecified atom stereocenters. The van der Waals surface area contributed by atoms with Crippen LogP contribution in [0.5, 0.6) is 0 Å². The Morgan fingerprint density at radius 3 is 0.908 bits per heavy atom. The third-order valence-corrected chi connectivity index (χ3v) is 20.4. The second-order valence-electron chi connectivity index (χ2n) is 28.7. The van der Waals surface area contributed by atoms with Crippen molar-refractivity contribution in [1.82, 2.24) is 0 Å². The number of allylic oxidation sites excluding steroid dienone is 4. The van der Waals surface area contributed by atoms with Crippen molar-refractivity contribution >= 4 is 39.5 Å². The molecular weight excluding hydrogens is 1280 g/mol. The van der Waals surface area contributed by atoms with Crippen LogP contribution < -0.4 is 0 Å². The van der Waals surface area contributed by atoms with Gasteiger partial charge in [0.15, 0.2) is 12.2 Å². The Bertz CT molecular complexity index is 2000. The summed E-state index contributed by atoms with van der Waals surface area (Å²) in [6.45, 7) is 11.8. The van der Waals surface area contributed by atoms with Crippen molar-refractivity contribution in [3.8, 4) is 0 Å². The lowest BCUT2D eigenvalue weighted by Crippen LogP contribution is -2.30. The predicted molar refractivity (Wildman–Crippen MR) is 400 cm³/mol. The molecule has 0 aliphatic rings. The molecule has 3 N–H and O–H groups in total. The average molecular weight is 1430 g/mol. The Kier molecular flexibility index (Phi) is 67.2. The molecule has 0 aliphatic carbocycles. The first-order valence-corrected chi connectivity index (χ1v) is 43.2. The Balaban J connectivity index is 5.20. The topological polar surface area (TPSA) is 237 Å². The highest BCUT2D eigenvalue weighted by molar-refractivity contribution is 7.47. The summed E-state index contributed by atoms with van der Waals surface area (Å²) >= 11 is 0. The maximum absolute atomic E-state index is 13.1. The number of unbranched alkanes of at least 4 members (excludes halogenated alkanes) is 38. The van der Waals surface area contributed by atoms with Gasteiger partial charge in [-0.05, 0) is 69.1 Å². The van der Waals surface area contributed by atoms with Gasteiger partial charge in [0.05, 0.1) is 26.4 Å². The fourth-order valence-corrected chi connectivity index (χ4v) is 13.1. The zero-order chi connectivity index (χ0) is 72.3. The fraction of sp³-hybridized carbons (Fsp3) is 0.899. The van der Waals surface area contributed by atoms with Crippen molar-refractivity contribution in [1.29, 1.82) is 0 Å². The Labute approximate surface area is 599 Å². The quantitative estimate of drug-likeness (QED) is 0.0169. The zero-order valence-electron chi connectivity index (χ0n) is 63.7. The van der Waals surface area contributed by atoms with E-state index in [1.807, 2.05) is 0 Å². The normalized spacial score (nSPS) is 14.7. The highest BCUT2D eigenvalue weighted by atomic mass is 31.2. The van der Waals surface area contributed by atoms with Gasteiger partial charge in [-0.2, -0.15) is 0 Å². The van der Waals surface area contributed by atoms with E-state index >= 15 is 0 Å². The van der Waals surface area contributed by atoms with Crippen LogP contribution in [0.25, 0.3) is 0 Å². The number of phosphoric ester groups is 2. The molecule has 0 radical (unpaired) electrons. The smallest absolute Gasteiger partial charge is 0.462 e. The SMILES string of the molecule is CCCCCC/C=C\C=C/CCCCCCCC(=O)O[C@H](COC(=O)CCCCCCCCCCC(C)CC)COP(=O)(O)OC[C@@H](O)COP(=O)(O)OC[C@@H](COC(=O)CCCCCCCCC(C)C)OC(=O)CCCCCCCCCCCCCCCCCCCCC(C)CC. The summed E-state index contributed by atoms with van der Waals surface area (Å²) in [5.41, 5.74) is 0. The Morgan fingerprint density at radius 2 is 0.602 bits per heavy atom. The summed E-state index contributed by atoms with van der Waals surface area (Å²) in [7, 11) is -9.93. The van der Waals surface area contributed by atoms with E-state index in [1.54, 1.807) is 0 Å². The first-order chi connectivity index (χ1) is 47.3. The van der Waals surface area contributed by atoms with E-state index in [0.717, 1.165) is 121 Å². The zero-order valence-corrected chi connectivity index (χ0v) is 65.5. The number of carbonyl (C=O) groups excluding carboxylic acids is 4. The van der Waals surface area contributed by atoms with Crippen molar-refractivity contribution in [3.05, 3.63) is 24.3 Å². The third kappa shape index (κ3) is 69.3. The lowest BCUT2D eigenvalue weighted by Gasteiger charge is -2.21. The number of phosphoric acid groups is 2. The van der Waals surface area contributed by atoms with Crippen LogP contribution in [0.4, 0.5) is 0 Å². The van der Waals surface area contributed by atoms with Gasteiger partial charge in [-0.15, -0.1) is 0 Å². The van der Waals surface area contributed by atoms with Crippen molar-refractivity contribution in [2.75, 3.05) is 39.6 Å². The second-order valence-corrected chi connectivity index (χ2v) is 31.6. The van der Waals surface area contributed by atoms with Crippen LogP contribution in [0.1, 0.15) is 382 Å². The van der Waals surface area contributed by atoms with Gasteiger partial charge in [0.1, 0.15) is 19.3 Å². The lowest BCUT2D eigenvalue weighted by molar-refractivity contribution is -0.161. The van der Waals surface area contributed by atoms with E-state index in [2.05, 4.69) is 72.8 Å². The standard InChI is InChI=1S/C79H150O17P2/c1-8-11-12-13-14-15-16-17-22-26-29-32-39-48-55-62-78(83)95-74(66-89-76(81)60-53-46-38-35-34-37-45-52-59-72(7)10-3)68-93-97(85,86)91-64-73(80)65-92-98(87,88)94-69-75(67-90-77(82)61-54-47-42-41-43-50-57-70(4)5)96-79(84)63-56-49-40-33-30-27-24-21-19-18-20-23-25-28-31-36-44-51-58-71(6)9-2/h15-17,22,70-75,80H,8-14,18-21,23-69H2,1-7H3,(H,85,86)(H,87,88)/b16-15-,22-17-/t71?,72?,73-,74-,75-/m1/s1. The molecule has 0 saturated carbocycles. The Morgan fingerprint density at radius 1 is 0.337 bits per heavy atom. The molecule has 0 amide bonds. The second kappa shape index (κ2) is 68.9. The average Bonchev–Trinajstić information content (AvgIpc) is 1.16. The number of carbonyl (C=O) groups is 4. The molecule has 0 aromatic carbocycles. The van der Waals surface area contributed by atoms with E-state index in [0.29, 0.717) is 31.6 Å². The van der Waals surface area contributed by atoms with E-state index in [-0.39, 0.29) is 25.7 Å². The van der Waals surface area contributed by atoms with Crippen LogP contribution in [0.15, 0.2) is 24.3 Å². The van der Waals surface area contributed by atoms with Gasteiger partial charge in [-0.3, -0.25) is 37.3 Å². The molecule has 0 fully saturated rings. The number of hydrogen-bond acceptors (Lipinski definition) is 15. The van der Waals surface area contributed by atoms with E-state index < -0.39 is 97.5 Å². The molecule has 7 atom stereocenters. The molecule has 0 rings (SSSR count). The van der Waals surface area contributed by atoms with Crippen molar-refractivity contribution in [3.63, 3.8) is 0 Å². The number of aliphatic hydroxyl groups excluding tert-OH is 1. The molecule has 17 nitrogen and oxygen atoms in total. The van der Waals surface area contributed by atoms with Crippen molar-refractivity contribution in [2.45, 2.75) is 401 Å². The van der Waals surface area contributed by atoms with Gasteiger partial charge >= 0.3 is 39.5 Å². The minimum absolute atomic E-state index is 0.0843. The summed E-state index contributed by atoms with van der Waals surface area (Å²) in [6, 6.07) is 0. The van der Waals surface area contributed by atoms with Crippen LogP contribution in [-0.4, -0.2) is 96.7 Å². The fourth-order valence-electron chi connectivity index (χ4n) is 11.5. The molecule has 0 spiro atoms. The molecule has 0 aromatic rings. The number of rotatable bonds is 75. The lowest BCUT2D eigenvalue weighted by atomic mass is 9.99. The number of aliphatic hydroxyl groups is 1. The monoisotopic (exact) mass is 1430 g/mol. The largest absolute Gasteiger partial charge is 0.472 e. The first-order valence-electron chi connectivity index (χ1n) is 40.2. The predicted octanol–water partition coefficient (Wildman–Crippen LogP) is 22.9. The minimum atomic E-state index is -4.97. The van der Waals surface area contributed by atoms with Gasteiger partial charge in [-0.25, -0.2) is 9.13 Å². The van der Waals surface area contributed by atoms with Gasteiger partial charge in [0, 0.05) is 25.7 Å². The van der Waals surface area contributed by atoms with Gasteiger partial charge < -0.3 is 33.8 Å². The van der Waals surface area contributed by atoms with E-state index in [1.165, 1.54) is 173 Å².